The van der Waals surface area contributed by atoms with E-state index in [4.69, 9.17) is 10.00 Å². The molecule has 12 heteroatoms. The summed E-state index contributed by atoms with van der Waals surface area (Å²) < 4.78 is 30.0. The van der Waals surface area contributed by atoms with E-state index < -0.39 is 40.0 Å². The first-order chi connectivity index (χ1) is 13.6. The number of carbonyl (C=O) groups is 1. The fourth-order valence-corrected chi connectivity index (χ4v) is 3.40. The summed E-state index contributed by atoms with van der Waals surface area (Å²) in [6.07, 6.45) is 3.16. The van der Waals surface area contributed by atoms with Crippen molar-refractivity contribution in [2.45, 2.75) is 36.9 Å². The Balaban J connectivity index is 2.30. The maximum Gasteiger partial charge on any atom is 0.334 e. The first kappa shape index (κ1) is 22.6. The maximum atomic E-state index is 13.0. The first-order valence-electron chi connectivity index (χ1n) is 8.59. The lowest BCUT2D eigenvalue weighted by molar-refractivity contribution is -0.155. The van der Waals surface area contributed by atoms with Crippen LogP contribution in [0.4, 0.5) is 0 Å². The third kappa shape index (κ3) is 5.21. The van der Waals surface area contributed by atoms with Gasteiger partial charge in [0.15, 0.2) is 0 Å². The van der Waals surface area contributed by atoms with Crippen LogP contribution in [0.1, 0.15) is 12.0 Å². The molecule has 0 radical (unpaired) electrons. The molecule has 0 bridgehead atoms. The Morgan fingerprint density at radius 2 is 2.10 bits per heavy atom. The highest BCUT2D eigenvalue weighted by Gasteiger charge is 2.51. The van der Waals surface area contributed by atoms with E-state index in [9.17, 15) is 23.4 Å². The van der Waals surface area contributed by atoms with Crippen LogP contribution in [0.5, 0.6) is 0 Å². The first-order valence-corrected chi connectivity index (χ1v) is 10.4. The zero-order valence-electron chi connectivity index (χ0n) is 15.9. The molecule has 2 rings (SSSR count). The molecule has 0 spiro atoms. The fraction of sp³-hybridized carbons (Fsp3) is 0.471. The molecule has 1 aromatic heterocycles. The number of nitriles is 1. The SMILES string of the molecule is CN(C1(C(=O)NC(Cc2ccncc2)C(O)C(O)CC#N)NC=CO1)S(C)(=O)=O. The second-order valence-electron chi connectivity index (χ2n) is 6.50. The van der Waals surface area contributed by atoms with Crippen molar-refractivity contribution in [3.63, 3.8) is 0 Å². The molecular formula is C17H23N5O6S. The van der Waals surface area contributed by atoms with Crippen molar-refractivity contribution in [2.24, 2.45) is 0 Å². The quantitative estimate of drug-likeness (QED) is 0.364. The number of nitrogens with zero attached hydrogens (tertiary/aromatic N) is 3. The van der Waals surface area contributed by atoms with Gasteiger partial charge in [0, 0.05) is 25.6 Å². The lowest BCUT2D eigenvalue weighted by atomic mass is 9.96. The number of hydrogen-bond donors (Lipinski definition) is 4. The highest BCUT2D eigenvalue weighted by atomic mass is 32.2. The molecule has 2 heterocycles. The van der Waals surface area contributed by atoms with Crippen molar-refractivity contribution in [2.75, 3.05) is 13.3 Å². The maximum absolute atomic E-state index is 13.0. The molecule has 11 nitrogen and oxygen atoms in total. The molecule has 0 fully saturated rings. The molecule has 1 aliphatic rings. The lowest BCUT2D eigenvalue weighted by Crippen LogP contribution is -2.67. The van der Waals surface area contributed by atoms with Gasteiger partial charge in [0.05, 0.1) is 30.9 Å². The number of ether oxygens (including phenoxy) is 1. The summed E-state index contributed by atoms with van der Waals surface area (Å²) in [7, 11) is -2.69. The van der Waals surface area contributed by atoms with Gasteiger partial charge in [-0.1, -0.05) is 0 Å². The number of aromatic nitrogens is 1. The monoisotopic (exact) mass is 425 g/mol. The number of carbonyl (C=O) groups excluding carboxylic acids is 1. The van der Waals surface area contributed by atoms with Gasteiger partial charge in [-0.25, -0.2) is 8.42 Å². The number of rotatable bonds is 9. The van der Waals surface area contributed by atoms with E-state index in [0.717, 1.165) is 19.6 Å². The molecule has 29 heavy (non-hydrogen) atoms. The molecule has 158 valence electrons. The predicted molar refractivity (Wildman–Crippen MR) is 101 cm³/mol. The number of amides is 1. The predicted octanol–water partition coefficient (Wildman–Crippen LogP) is -1.62. The van der Waals surface area contributed by atoms with Crippen LogP contribution >= 0.6 is 0 Å². The lowest BCUT2D eigenvalue weighted by Gasteiger charge is -2.36. The number of hydrogen-bond acceptors (Lipinski definition) is 9. The van der Waals surface area contributed by atoms with E-state index in [0.29, 0.717) is 9.87 Å². The molecule has 4 unspecified atom stereocenters. The molecule has 1 aromatic rings. The van der Waals surface area contributed by atoms with Crippen LogP contribution < -0.4 is 10.6 Å². The van der Waals surface area contributed by atoms with E-state index in [1.807, 2.05) is 0 Å². The van der Waals surface area contributed by atoms with Crippen LogP contribution in [-0.2, 0) is 26.0 Å². The minimum absolute atomic E-state index is 0.0873. The van der Waals surface area contributed by atoms with Crippen molar-refractivity contribution in [1.82, 2.24) is 19.9 Å². The van der Waals surface area contributed by atoms with E-state index in [1.165, 1.54) is 18.6 Å². The molecule has 1 amide bonds. The Bertz CT molecular complexity index is 877. The van der Waals surface area contributed by atoms with Gasteiger partial charge < -0.3 is 25.6 Å². The van der Waals surface area contributed by atoms with E-state index in [-0.39, 0.29) is 12.8 Å². The van der Waals surface area contributed by atoms with Gasteiger partial charge in [-0.15, -0.1) is 4.31 Å². The third-order valence-corrected chi connectivity index (χ3v) is 5.71. The second-order valence-corrected chi connectivity index (χ2v) is 8.51. The van der Waals surface area contributed by atoms with Crippen LogP contribution in [0.15, 0.2) is 37.0 Å². The normalized spacial score (nSPS) is 21.5. The van der Waals surface area contributed by atoms with Gasteiger partial charge in [0.1, 0.15) is 12.4 Å². The molecule has 4 N–H and O–H groups in total. The third-order valence-electron chi connectivity index (χ3n) is 4.46. The Hall–Kier alpha value is -2.72. The van der Waals surface area contributed by atoms with Gasteiger partial charge in [0.25, 0.3) is 0 Å². The topological polar surface area (TPSA) is 165 Å². The van der Waals surface area contributed by atoms with Crippen molar-refractivity contribution >= 4 is 15.9 Å². The summed E-state index contributed by atoms with van der Waals surface area (Å²) >= 11 is 0. The van der Waals surface area contributed by atoms with Gasteiger partial charge in [0.2, 0.25) is 10.0 Å². The minimum Gasteiger partial charge on any atom is -0.452 e. The van der Waals surface area contributed by atoms with Gasteiger partial charge in [-0.3, -0.25) is 9.78 Å². The number of likely N-dealkylation sites (N-methyl/N-ethyl adjacent to an activating group) is 1. The van der Waals surface area contributed by atoms with E-state index in [2.05, 4.69) is 15.6 Å². The molecule has 0 saturated carbocycles. The van der Waals surface area contributed by atoms with Gasteiger partial charge in [-0.2, -0.15) is 5.26 Å². The van der Waals surface area contributed by atoms with Crippen molar-refractivity contribution in [3.05, 3.63) is 42.6 Å². The summed E-state index contributed by atoms with van der Waals surface area (Å²) in [5.74, 6) is -3.00. The van der Waals surface area contributed by atoms with Crippen LogP contribution in [0.2, 0.25) is 0 Å². The number of aliphatic hydroxyl groups excluding tert-OH is 2. The Morgan fingerprint density at radius 1 is 1.45 bits per heavy atom. The summed E-state index contributed by atoms with van der Waals surface area (Å²) in [4.78, 5) is 16.9. The number of aliphatic hydroxyl groups is 2. The number of sulfonamides is 1. The molecule has 0 aliphatic carbocycles. The Kier molecular flexibility index (Phi) is 7.15. The highest BCUT2D eigenvalue weighted by Crippen LogP contribution is 2.22. The molecule has 4 atom stereocenters. The zero-order chi connectivity index (χ0) is 21.7. The Labute approximate surface area is 168 Å². The summed E-state index contributed by atoms with van der Waals surface area (Å²) in [5.41, 5.74) is 0.692. The molecule has 1 aliphatic heterocycles. The largest absolute Gasteiger partial charge is 0.452 e. The zero-order valence-corrected chi connectivity index (χ0v) is 16.7. The fourth-order valence-electron chi connectivity index (χ4n) is 2.75. The van der Waals surface area contributed by atoms with Crippen LogP contribution in [0.3, 0.4) is 0 Å². The standard InChI is InChI=1S/C17H23N5O6S/c1-22(29(2,26)27)17(20-9-10-28-17)16(25)21-13(15(24)14(23)3-6-18)11-12-4-7-19-8-5-12/h4-5,7-10,13-15,20,23-24H,3,11H2,1-2H3,(H,21,25). The number of nitrogens with one attached hydrogen (secondary N) is 2. The van der Waals surface area contributed by atoms with Gasteiger partial charge in [-0.05, 0) is 24.1 Å². The van der Waals surface area contributed by atoms with Crippen molar-refractivity contribution < 1.29 is 28.2 Å². The van der Waals surface area contributed by atoms with Crippen molar-refractivity contribution in [1.29, 1.82) is 5.26 Å². The molecular weight excluding hydrogens is 402 g/mol. The van der Waals surface area contributed by atoms with Crippen LogP contribution in [-0.4, -0.2) is 71.2 Å². The summed E-state index contributed by atoms with van der Waals surface area (Å²) in [5, 5.41) is 34.4. The summed E-state index contributed by atoms with van der Waals surface area (Å²) in [6.45, 7) is 0. The van der Waals surface area contributed by atoms with Crippen molar-refractivity contribution in [3.8, 4) is 6.07 Å². The molecule has 0 aromatic carbocycles. The molecule has 0 saturated heterocycles. The Morgan fingerprint density at radius 3 is 2.62 bits per heavy atom. The highest BCUT2D eigenvalue weighted by molar-refractivity contribution is 7.88. The van der Waals surface area contributed by atoms with Crippen LogP contribution in [0, 0.1) is 11.3 Å². The number of pyridine rings is 1. The summed E-state index contributed by atoms with van der Waals surface area (Å²) in [6, 6.07) is 4.02. The van der Waals surface area contributed by atoms with E-state index >= 15 is 0 Å². The average Bonchev–Trinajstić information content (AvgIpc) is 3.17. The van der Waals surface area contributed by atoms with Crippen LogP contribution in [0.25, 0.3) is 0 Å². The smallest absolute Gasteiger partial charge is 0.334 e. The van der Waals surface area contributed by atoms with E-state index in [1.54, 1.807) is 18.2 Å². The average molecular weight is 425 g/mol. The second kappa shape index (κ2) is 9.19. The van der Waals surface area contributed by atoms with Gasteiger partial charge >= 0.3 is 11.8 Å². The minimum atomic E-state index is -3.85.